The molecule has 2 nitrogen and oxygen atoms in total. The van der Waals surface area contributed by atoms with Gasteiger partial charge in [0.15, 0.2) is 6.29 Å². The van der Waals surface area contributed by atoms with Crippen molar-refractivity contribution in [2.75, 3.05) is 0 Å². The number of aryl methyl sites for hydroxylation is 1. The Morgan fingerprint density at radius 2 is 2.08 bits per heavy atom. The molecule has 1 aromatic heterocycles. The molecule has 13 heavy (non-hydrogen) atoms. The van der Waals surface area contributed by atoms with Crippen molar-refractivity contribution in [2.24, 2.45) is 0 Å². The summed E-state index contributed by atoms with van der Waals surface area (Å²) in [7, 11) is 0. The smallest absolute Gasteiger partial charge is 0.287 e. The van der Waals surface area contributed by atoms with Gasteiger partial charge in [-0.15, -0.1) is 0 Å². The normalized spacial score (nSPS) is 11.4. The third kappa shape index (κ3) is 2.31. The van der Waals surface area contributed by atoms with Gasteiger partial charge in [-0.1, -0.05) is 0 Å². The minimum Gasteiger partial charge on any atom is -0.296 e. The van der Waals surface area contributed by atoms with Crippen molar-refractivity contribution in [3.05, 3.63) is 29.1 Å². The highest BCUT2D eigenvalue weighted by Gasteiger charge is 2.26. The van der Waals surface area contributed by atoms with Crippen LogP contribution in [0.5, 0.6) is 0 Å². The lowest BCUT2D eigenvalue weighted by Gasteiger charge is -2.10. The number of carbonyl (C=O) groups excluding carboxylic acids is 1. The molecular formula is C9H9F2NO. The molecule has 0 spiro atoms. The summed E-state index contributed by atoms with van der Waals surface area (Å²) in [5.41, 5.74) is 0.278. The van der Waals surface area contributed by atoms with Gasteiger partial charge in [-0.3, -0.25) is 4.79 Å². The fourth-order valence-electron chi connectivity index (χ4n) is 0.979. The average molecular weight is 185 g/mol. The molecule has 4 heteroatoms. The summed E-state index contributed by atoms with van der Waals surface area (Å²) in [4.78, 5) is 13.8. The molecule has 0 amide bonds. The van der Waals surface area contributed by atoms with Crippen LogP contribution in [0.1, 0.15) is 28.7 Å². The molecule has 0 N–H and O–H groups in total. The van der Waals surface area contributed by atoms with Gasteiger partial charge in [0.1, 0.15) is 11.4 Å². The van der Waals surface area contributed by atoms with E-state index in [-0.39, 0.29) is 11.4 Å². The number of alkyl halides is 2. The summed E-state index contributed by atoms with van der Waals surface area (Å²) in [6.45, 7) is 2.40. The Bertz CT molecular complexity index is 331. The molecule has 0 atom stereocenters. The molecule has 0 aromatic carbocycles. The van der Waals surface area contributed by atoms with E-state index in [9.17, 15) is 13.6 Å². The van der Waals surface area contributed by atoms with E-state index < -0.39 is 5.92 Å². The standard InChI is InChI=1S/C9H9F2NO/c1-6-3-7(5-13)12-8(4-6)9(2,10)11/h3-5H,1-2H3. The van der Waals surface area contributed by atoms with E-state index in [0.29, 0.717) is 11.8 Å². The van der Waals surface area contributed by atoms with Crippen LogP contribution in [0.2, 0.25) is 0 Å². The first-order chi connectivity index (χ1) is 5.93. The minimum atomic E-state index is -3.00. The SMILES string of the molecule is Cc1cc(C=O)nc(C(C)(F)F)c1. The number of aldehydes is 1. The Hall–Kier alpha value is -1.32. The van der Waals surface area contributed by atoms with Gasteiger partial charge in [0.05, 0.1) is 0 Å². The van der Waals surface area contributed by atoms with Crippen molar-refractivity contribution in [3.63, 3.8) is 0 Å². The lowest BCUT2D eigenvalue weighted by Crippen LogP contribution is -2.11. The summed E-state index contributed by atoms with van der Waals surface area (Å²) in [5.74, 6) is -3.00. The van der Waals surface area contributed by atoms with Crippen molar-refractivity contribution < 1.29 is 13.6 Å². The number of pyridine rings is 1. The molecule has 0 aliphatic carbocycles. The fourth-order valence-corrected chi connectivity index (χ4v) is 0.979. The van der Waals surface area contributed by atoms with Crippen LogP contribution in [0.3, 0.4) is 0 Å². The van der Waals surface area contributed by atoms with Crippen LogP contribution in [0.25, 0.3) is 0 Å². The van der Waals surface area contributed by atoms with E-state index >= 15 is 0 Å². The van der Waals surface area contributed by atoms with Gasteiger partial charge in [-0.2, -0.15) is 8.78 Å². The Labute approximate surface area is 74.6 Å². The molecule has 0 radical (unpaired) electrons. The number of hydrogen-bond acceptors (Lipinski definition) is 2. The molecule has 1 rings (SSSR count). The van der Waals surface area contributed by atoms with Crippen molar-refractivity contribution in [1.82, 2.24) is 4.98 Å². The van der Waals surface area contributed by atoms with Crippen LogP contribution in [0.15, 0.2) is 12.1 Å². The molecule has 1 heterocycles. The zero-order valence-electron chi connectivity index (χ0n) is 7.34. The lowest BCUT2D eigenvalue weighted by atomic mass is 10.1. The van der Waals surface area contributed by atoms with E-state index in [4.69, 9.17) is 0 Å². The van der Waals surface area contributed by atoms with Crippen molar-refractivity contribution in [1.29, 1.82) is 0 Å². The van der Waals surface area contributed by atoms with E-state index in [1.165, 1.54) is 12.1 Å². The maximum absolute atomic E-state index is 12.8. The zero-order valence-corrected chi connectivity index (χ0v) is 7.34. The summed E-state index contributed by atoms with van der Waals surface area (Å²) in [6, 6.07) is 2.73. The second kappa shape index (κ2) is 3.20. The van der Waals surface area contributed by atoms with Crippen LogP contribution < -0.4 is 0 Å². The molecule has 0 aliphatic rings. The van der Waals surface area contributed by atoms with E-state index in [1.54, 1.807) is 6.92 Å². The zero-order chi connectivity index (χ0) is 10.1. The van der Waals surface area contributed by atoms with E-state index in [1.807, 2.05) is 0 Å². The largest absolute Gasteiger partial charge is 0.296 e. The van der Waals surface area contributed by atoms with Gasteiger partial charge in [-0.05, 0) is 24.6 Å². The molecule has 1 aromatic rings. The quantitative estimate of drug-likeness (QED) is 0.662. The summed E-state index contributed by atoms with van der Waals surface area (Å²) < 4.78 is 25.5. The fraction of sp³-hybridized carbons (Fsp3) is 0.333. The molecule has 0 bridgehead atoms. The van der Waals surface area contributed by atoms with Crippen LogP contribution >= 0.6 is 0 Å². The number of nitrogens with zero attached hydrogens (tertiary/aromatic N) is 1. The van der Waals surface area contributed by atoms with Crippen LogP contribution in [-0.2, 0) is 5.92 Å². The number of aromatic nitrogens is 1. The highest BCUT2D eigenvalue weighted by Crippen LogP contribution is 2.25. The first-order valence-corrected chi connectivity index (χ1v) is 3.75. The Morgan fingerprint density at radius 1 is 1.46 bits per heavy atom. The lowest BCUT2D eigenvalue weighted by molar-refractivity contribution is 0.0126. The van der Waals surface area contributed by atoms with E-state index in [0.717, 1.165) is 6.92 Å². The van der Waals surface area contributed by atoms with Gasteiger partial charge in [0, 0.05) is 6.92 Å². The maximum atomic E-state index is 12.8. The highest BCUT2D eigenvalue weighted by molar-refractivity contribution is 5.72. The molecule has 0 fully saturated rings. The highest BCUT2D eigenvalue weighted by atomic mass is 19.3. The predicted molar refractivity (Wildman–Crippen MR) is 43.9 cm³/mol. The van der Waals surface area contributed by atoms with Gasteiger partial charge in [0.25, 0.3) is 5.92 Å². The van der Waals surface area contributed by atoms with Crippen molar-refractivity contribution in [3.8, 4) is 0 Å². The Morgan fingerprint density at radius 3 is 2.54 bits per heavy atom. The minimum absolute atomic E-state index is 0.0384. The summed E-state index contributed by atoms with van der Waals surface area (Å²) >= 11 is 0. The Kier molecular flexibility index (Phi) is 2.40. The van der Waals surface area contributed by atoms with Gasteiger partial charge in [-0.25, -0.2) is 4.98 Å². The summed E-state index contributed by atoms with van der Waals surface area (Å²) in [5, 5.41) is 0. The number of halogens is 2. The Balaban J connectivity index is 3.24. The van der Waals surface area contributed by atoms with Crippen LogP contribution in [0.4, 0.5) is 8.78 Å². The number of hydrogen-bond donors (Lipinski definition) is 0. The number of carbonyl (C=O) groups is 1. The molecule has 0 saturated heterocycles. The van der Waals surface area contributed by atoms with Crippen molar-refractivity contribution in [2.45, 2.75) is 19.8 Å². The third-order valence-corrected chi connectivity index (χ3v) is 1.56. The van der Waals surface area contributed by atoms with Crippen molar-refractivity contribution >= 4 is 6.29 Å². The first kappa shape index (κ1) is 9.77. The molecule has 0 unspecified atom stereocenters. The molecule has 0 aliphatic heterocycles. The number of rotatable bonds is 2. The second-order valence-corrected chi connectivity index (χ2v) is 2.96. The van der Waals surface area contributed by atoms with Gasteiger partial charge < -0.3 is 0 Å². The van der Waals surface area contributed by atoms with Gasteiger partial charge >= 0.3 is 0 Å². The third-order valence-electron chi connectivity index (χ3n) is 1.56. The molecule has 0 saturated carbocycles. The molecule has 70 valence electrons. The van der Waals surface area contributed by atoms with Crippen LogP contribution in [0, 0.1) is 6.92 Å². The topological polar surface area (TPSA) is 30.0 Å². The maximum Gasteiger partial charge on any atom is 0.287 e. The summed E-state index contributed by atoms with van der Waals surface area (Å²) in [6.07, 6.45) is 0.461. The average Bonchev–Trinajstić information content (AvgIpc) is 2.01. The van der Waals surface area contributed by atoms with Gasteiger partial charge in [0.2, 0.25) is 0 Å². The monoisotopic (exact) mass is 185 g/mol. The second-order valence-electron chi connectivity index (χ2n) is 2.96. The first-order valence-electron chi connectivity index (χ1n) is 3.75. The predicted octanol–water partition coefficient (Wildman–Crippen LogP) is 2.31. The van der Waals surface area contributed by atoms with Crippen LogP contribution in [-0.4, -0.2) is 11.3 Å². The molecular weight excluding hydrogens is 176 g/mol. The van der Waals surface area contributed by atoms with E-state index in [2.05, 4.69) is 4.98 Å².